The van der Waals surface area contributed by atoms with Crippen molar-refractivity contribution in [2.75, 3.05) is 13.7 Å². The minimum Gasteiger partial charge on any atom is -0.495 e. The Kier molecular flexibility index (Phi) is 3.02. The summed E-state index contributed by atoms with van der Waals surface area (Å²) in [6.45, 7) is 1.09. The van der Waals surface area contributed by atoms with Crippen LogP contribution in [0.2, 0.25) is 0 Å². The molecule has 2 aromatic rings. The van der Waals surface area contributed by atoms with Gasteiger partial charge in [0.1, 0.15) is 5.75 Å². The number of ether oxygens (including phenoxy) is 1. The van der Waals surface area contributed by atoms with Gasteiger partial charge in [-0.2, -0.15) is 0 Å². The first-order valence-corrected chi connectivity index (χ1v) is 6.29. The molecule has 2 heterocycles. The zero-order chi connectivity index (χ0) is 12.4. The second-order valence-corrected chi connectivity index (χ2v) is 4.51. The van der Waals surface area contributed by atoms with Crippen LogP contribution in [0.3, 0.4) is 0 Å². The summed E-state index contributed by atoms with van der Waals surface area (Å²) in [7, 11) is 1.70. The predicted molar refractivity (Wildman–Crippen MR) is 70.1 cm³/mol. The van der Waals surface area contributed by atoms with Crippen molar-refractivity contribution in [1.29, 1.82) is 0 Å². The minimum atomic E-state index is 0.400. The molecule has 4 heteroatoms. The van der Waals surface area contributed by atoms with Gasteiger partial charge in [-0.3, -0.25) is 4.57 Å². The molecule has 0 radical (unpaired) electrons. The van der Waals surface area contributed by atoms with E-state index < -0.39 is 0 Å². The van der Waals surface area contributed by atoms with E-state index in [1.807, 2.05) is 30.7 Å². The Bertz CT molecular complexity index is 529. The van der Waals surface area contributed by atoms with Gasteiger partial charge in [-0.1, -0.05) is 12.1 Å². The van der Waals surface area contributed by atoms with Gasteiger partial charge in [0, 0.05) is 6.04 Å². The molecule has 18 heavy (non-hydrogen) atoms. The van der Waals surface area contributed by atoms with Crippen molar-refractivity contribution < 1.29 is 4.74 Å². The fraction of sp³-hybridized carbons (Fsp3) is 0.357. The number of benzene rings is 1. The molecule has 94 valence electrons. The molecule has 0 aliphatic carbocycles. The summed E-state index contributed by atoms with van der Waals surface area (Å²) in [6, 6.07) is 8.42. The van der Waals surface area contributed by atoms with Crippen LogP contribution in [0.5, 0.6) is 5.75 Å². The molecule has 1 unspecified atom stereocenters. The quantitative estimate of drug-likeness (QED) is 0.899. The summed E-state index contributed by atoms with van der Waals surface area (Å²) < 4.78 is 7.53. The Morgan fingerprint density at radius 2 is 2.28 bits per heavy atom. The van der Waals surface area contributed by atoms with Crippen molar-refractivity contribution in [3.05, 3.63) is 42.5 Å². The highest BCUT2D eigenvalue weighted by Gasteiger charge is 2.21. The van der Waals surface area contributed by atoms with Gasteiger partial charge in [-0.05, 0) is 31.5 Å². The Morgan fingerprint density at radius 1 is 1.39 bits per heavy atom. The van der Waals surface area contributed by atoms with E-state index in [9.17, 15) is 0 Å². The normalized spacial score (nSPS) is 19.1. The van der Waals surface area contributed by atoms with E-state index in [1.165, 1.54) is 18.5 Å². The maximum atomic E-state index is 5.42. The van der Waals surface area contributed by atoms with Crippen molar-refractivity contribution in [2.45, 2.75) is 18.9 Å². The van der Waals surface area contributed by atoms with Gasteiger partial charge in [0.05, 0.1) is 31.0 Å². The molecule has 1 aliphatic heterocycles. The standard InChI is InChI=1S/C14H17N3O/c1-18-14-7-3-2-6-12(14)17-10-15-9-13(17)11-5-4-8-16-11/h2-3,6-7,9-11,16H,4-5,8H2,1H3. The van der Waals surface area contributed by atoms with Crippen LogP contribution in [0.1, 0.15) is 24.6 Å². The highest BCUT2D eigenvalue weighted by molar-refractivity contribution is 5.47. The number of aromatic nitrogens is 2. The SMILES string of the molecule is COc1ccccc1-n1cncc1C1CCCN1. The van der Waals surface area contributed by atoms with Crippen LogP contribution in [0.15, 0.2) is 36.8 Å². The summed E-state index contributed by atoms with van der Waals surface area (Å²) in [6.07, 6.45) is 6.19. The third kappa shape index (κ3) is 1.88. The monoisotopic (exact) mass is 243 g/mol. The fourth-order valence-electron chi connectivity index (χ4n) is 2.53. The molecule has 3 rings (SSSR count). The molecule has 1 aromatic heterocycles. The molecule has 0 bridgehead atoms. The van der Waals surface area contributed by atoms with Gasteiger partial charge in [-0.25, -0.2) is 4.98 Å². The van der Waals surface area contributed by atoms with Gasteiger partial charge >= 0.3 is 0 Å². The molecule has 0 saturated carbocycles. The molecule has 1 fully saturated rings. The van der Waals surface area contributed by atoms with E-state index in [1.54, 1.807) is 7.11 Å². The number of imidazole rings is 1. The number of nitrogens with one attached hydrogen (secondary N) is 1. The second-order valence-electron chi connectivity index (χ2n) is 4.51. The van der Waals surface area contributed by atoms with E-state index in [2.05, 4.69) is 20.9 Å². The van der Waals surface area contributed by atoms with Crippen LogP contribution in [0.25, 0.3) is 5.69 Å². The van der Waals surface area contributed by atoms with Crippen LogP contribution in [-0.4, -0.2) is 23.2 Å². The average molecular weight is 243 g/mol. The number of rotatable bonds is 3. The largest absolute Gasteiger partial charge is 0.495 e. The number of hydrogen-bond acceptors (Lipinski definition) is 3. The molecule has 1 atom stereocenters. The lowest BCUT2D eigenvalue weighted by Crippen LogP contribution is -2.16. The molecule has 4 nitrogen and oxygen atoms in total. The lowest BCUT2D eigenvalue weighted by molar-refractivity contribution is 0.412. The van der Waals surface area contributed by atoms with Crippen molar-refractivity contribution in [3.8, 4) is 11.4 Å². The van der Waals surface area contributed by atoms with E-state index >= 15 is 0 Å². The molecular weight excluding hydrogens is 226 g/mol. The maximum Gasteiger partial charge on any atom is 0.142 e. The number of methoxy groups -OCH3 is 1. The van der Waals surface area contributed by atoms with Gasteiger partial charge in [0.15, 0.2) is 0 Å². The number of nitrogens with zero attached hydrogens (tertiary/aromatic N) is 2. The molecule has 1 aliphatic rings. The van der Waals surface area contributed by atoms with E-state index in [4.69, 9.17) is 4.74 Å². The smallest absolute Gasteiger partial charge is 0.142 e. The lowest BCUT2D eigenvalue weighted by atomic mass is 10.1. The van der Waals surface area contributed by atoms with Crippen molar-refractivity contribution >= 4 is 0 Å². The van der Waals surface area contributed by atoms with E-state index in [-0.39, 0.29) is 0 Å². The Morgan fingerprint density at radius 3 is 3.06 bits per heavy atom. The third-order valence-corrected chi connectivity index (χ3v) is 3.43. The fourth-order valence-corrected chi connectivity index (χ4v) is 2.53. The third-order valence-electron chi connectivity index (χ3n) is 3.43. The summed E-state index contributed by atoms with van der Waals surface area (Å²) in [5, 5.41) is 3.50. The van der Waals surface area contributed by atoms with Crippen molar-refractivity contribution in [1.82, 2.24) is 14.9 Å². The van der Waals surface area contributed by atoms with Crippen LogP contribution < -0.4 is 10.1 Å². The molecule has 0 spiro atoms. The zero-order valence-electron chi connectivity index (χ0n) is 10.5. The molecule has 0 amide bonds. The maximum absolute atomic E-state index is 5.42. The zero-order valence-corrected chi connectivity index (χ0v) is 10.5. The topological polar surface area (TPSA) is 39.1 Å². The van der Waals surface area contributed by atoms with Crippen LogP contribution in [0.4, 0.5) is 0 Å². The van der Waals surface area contributed by atoms with Crippen LogP contribution in [0, 0.1) is 0 Å². The summed E-state index contributed by atoms with van der Waals surface area (Å²) in [5.74, 6) is 0.870. The first-order valence-electron chi connectivity index (χ1n) is 6.29. The van der Waals surface area contributed by atoms with Crippen LogP contribution >= 0.6 is 0 Å². The Balaban J connectivity index is 2.03. The van der Waals surface area contributed by atoms with E-state index in [0.29, 0.717) is 6.04 Å². The summed E-state index contributed by atoms with van der Waals surface area (Å²) in [5.41, 5.74) is 2.25. The van der Waals surface area contributed by atoms with Gasteiger partial charge in [0.2, 0.25) is 0 Å². The summed E-state index contributed by atoms with van der Waals surface area (Å²) >= 11 is 0. The van der Waals surface area contributed by atoms with E-state index in [0.717, 1.165) is 18.0 Å². The number of para-hydroxylation sites is 2. The molecular formula is C14H17N3O. The Labute approximate surface area is 107 Å². The first kappa shape index (κ1) is 11.3. The first-order chi connectivity index (χ1) is 8.90. The lowest BCUT2D eigenvalue weighted by Gasteiger charge is -2.16. The Hall–Kier alpha value is -1.81. The second kappa shape index (κ2) is 4.82. The van der Waals surface area contributed by atoms with Crippen molar-refractivity contribution in [2.24, 2.45) is 0 Å². The number of hydrogen-bond donors (Lipinski definition) is 1. The van der Waals surface area contributed by atoms with Crippen molar-refractivity contribution in [3.63, 3.8) is 0 Å². The van der Waals surface area contributed by atoms with Gasteiger partial charge in [0.25, 0.3) is 0 Å². The predicted octanol–water partition coefficient (Wildman–Crippen LogP) is 2.31. The minimum absolute atomic E-state index is 0.400. The average Bonchev–Trinajstić information content (AvgIpc) is 3.09. The van der Waals surface area contributed by atoms with Gasteiger partial charge < -0.3 is 10.1 Å². The molecule has 1 aromatic carbocycles. The highest BCUT2D eigenvalue weighted by Crippen LogP contribution is 2.28. The van der Waals surface area contributed by atoms with Gasteiger partial charge in [-0.15, -0.1) is 0 Å². The molecule has 1 saturated heterocycles. The highest BCUT2D eigenvalue weighted by atomic mass is 16.5. The molecule has 1 N–H and O–H groups in total. The van der Waals surface area contributed by atoms with Crippen LogP contribution in [-0.2, 0) is 0 Å². The summed E-state index contributed by atoms with van der Waals surface area (Å²) in [4.78, 5) is 4.29.